The van der Waals surface area contributed by atoms with Gasteiger partial charge in [0.2, 0.25) is 0 Å². The van der Waals surface area contributed by atoms with E-state index in [9.17, 15) is 4.79 Å². The fourth-order valence-electron chi connectivity index (χ4n) is 2.84. The highest BCUT2D eigenvalue weighted by Crippen LogP contribution is 2.23. The Morgan fingerprint density at radius 2 is 1.88 bits per heavy atom. The summed E-state index contributed by atoms with van der Waals surface area (Å²) in [5.41, 5.74) is 2.38. The van der Waals surface area contributed by atoms with Crippen molar-refractivity contribution in [3.8, 4) is 11.3 Å². The second-order valence-corrected chi connectivity index (χ2v) is 6.46. The smallest absolute Gasteiger partial charge is 0.335 e. The standard InChI is InChI=1S/C22H23NO3/c1-16(10-11-17-6-3-2-4-7-17)23-15-20-12-13-21(26-20)18-8-5-9-19(14-18)22(24)25/h2-9,12-14,16,23H,10-11,15H2,1H3,(H,24,25)/t16-/m1/s1. The number of aryl methyl sites for hydroxylation is 1. The SMILES string of the molecule is C[C@H](CCc1ccccc1)NCc1ccc(-c2cccc(C(=O)O)c2)o1. The van der Waals surface area contributed by atoms with E-state index in [2.05, 4.69) is 36.5 Å². The van der Waals surface area contributed by atoms with Gasteiger partial charge >= 0.3 is 5.97 Å². The Hall–Kier alpha value is -2.85. The molecular weight excluding hydrogens is 326 g/mol. The van der Waals surface area contributed by atoms with Gasteiger partial charge < -0.3 is 14.8 Å². The first-order valence-electron chi connectivity index (χ1n) is 8.81. The van der Waals surface area contributed by atoms with E-state index in [-0.39, 0.29) is 5.56 Å². The van der Waals surface area contributed by atoms with E-state index in [4.69, 9.17) is 9.52 Å². The Morgan fingerprint density at radius 3 is 2.65 bits per heavy atom. The Kier molecular flexibility index (Phi) is 5.87. The van der Waals surface area contributed by atoms with Gasteiger partial charge in [0.25, 0.3) is 0 Å². The fraction of sp³-hybridized carbons (Fsp3) is 0.227. The lowest BCUT2D eigenvalue weighted by molar-refractivity contribution is 0.0697. The molecule has 0 saturated heterocycles. The third-order valence-corrected chi connectivity index (χ3v) is 4.39. The molecule has 1 heterocycles. The van der Waals surface area contributed by atoms with Crippen LogP contribution in [0.5, 0.6) is 0 Å². The minimum Gasteiger partial charge on any atom is -0.478 e. The molecule has 3 rings (SSSR count). The lowest BCUT2D eigenvalue weighted by atomic mass is 10.1. The Balaban J connectivity index is 1.53. The van der Waals surface area contributed by atoms with E-state index < -0.39 is 5.97 Å². The van der Waals surface area contributed by atoms with Gasteiger partial charge in [-0.15, -0.1) is 0 Å². The third-order valence-electron chi connectivity index (χ3n) is 4.39. The molecule has 0 aliphatic rings. The first-order valence-corrected chi connectivity index (χ1v) is 8.81. The van der Waals surface area contributed by atoms with Crippen LogP contribution in [0.4, 0.5) is 0 Å². The number of furan rings is 1. The average molecular weight is 349 g/mol. The second kappa shape index (κ2) is 8.50. The number of benzene rings is 2. The minimum atomic E-state index is -0.937. The quantitative estimate of drug-likeness (QED) is 0.616. The zero-order chi connectivity index (χ0) is 18.4. The van der Waals surface area contributed by atoms with Crippen molar-refractivity contribution in [2.24, 2.45) is 0 Å². The molecule has 0 spiro atoms. The lowest BCUT2D eigenvalue weighted by Crippen LogP contribution is -2.25. The highest BCUT2D eigenvalue weighted by atomic mass is 16.4. The first kappa shape index (κ1) is 18.0. The number of carbonyl (C=O) groups is 1. The summed E-state index contributed by atoms with van der Waals surface area (Å²) in [5.74, 6) is 0.585. The summed E-state index contributed by atoms with van der Waals surface area (Å²) in [6, 6.07) is 21.4. The van der Waals surface area contributed by atoms with Gasteiger partial charge in [-0.25, -0.2) is 4.79 Å². The van der Waals surface area contributed by atoms with Crippen LogP contribution in [0, 0.1) is 0 Å². The summed E-state index contributed by atoms with van der Waals surface area (Å²) in [4.78, 5) is 11.1. The van der Waals surface area contributed by atoms with Crippen molar-refractivity contribution >= 4 is 5.97 Å². The van der Waals surface area contributed by atoms with Gasteiger partial charge in [0.1, 0.15) is 11.5 Å². The number of aromatic carboxylic acids is 1. The predicted molar refractivity (Wildman–Crippen MR) is 102 cm³/mol. The summed E-state index contributed by atoms with van der Waals surface area (Å²) >= 11 is 0. The molecule has 0 fully saturated rings. The summed E-state index contributed by atoms with van der Waals surface area (Å²) in [6.07, 6.45) is 2.10. The third kappa shape index (κ3) is 4.83. The number of carboxylic acid groups (broad SMARTS) is 1. The lowest BCUT2D eigenvalue weighted by Gasteiger charge is -2.12. The van der Waals surface area contributed by atoms with Crippen molar-refractivity contribution in [1.82, 2.24) is 5.32 Å². The zero-order valence-electron chi connectivity index (χ0n) is 14.8. The van der Waals surface area contributed by atoms with E-state index in [0.717, 1.165) is 24.2 Å². The monoisotopic (exact) mass is 349 g/mol. The molecule has 0 amide bonds. The van der Waals surface area contributed by atoms with Crippen LogP contribution in [0.25, 0.3) is 11.3 Å². The van der Waals surface area contributed by atoms with E-state index in [1.54, 1.807) is 18.2 Å². The van der Waals surface area contributed by atoms with Gasteiger partial charge in [0, 0.05) is 11.6 Å². The molecule has 26 heavy (non-hydrogen) atoms. The van der Waals surface area contributed by atoms with Crippen molar-refractivity contribution in [2.75, 3.05) is 0 Å². The predicted octanol–water partition coefficient (Wildman–Crippen LogP) is 4.76. The summed E-state index contributed by atoms with van der Waals surface area (Å²) in [5, 5.41) is 12.6. The van der Waals surface area contributed by atoms with Crippen molar-refractivity contribution in [3.05, 3.63) is 83.6 Å². The summed E-state index contributed by atoms with van der Waals surface area (Å²) < 4.78 is 5.86. The molecule has 2 N–H and O–H groups in total. The molecule has 2 aromatic carbocycles. The highest BCUT2D eigenvalue weighted by Gasteiger charge is 2.09. The van der Waals surface area contributed by atoms with Gasteiger partial charge in [0.05, 0.1) is 12.1 Å². The number of carboxylic acids is 1. The summed E-state index contributed by atoms with van der Waals surface area (Å²) in [7, 11) is 0. The molecule has 0 bridgehead atoms. The van der Waals surface area contributed by atoms with E-state index in [1.165, 1.54) is 5.56 Å². The molecule has 0 aliphatic carbocycles. The van der Waals surface area contributed by atoms with Crippen molar-refractivity contribution in [2.45, 2.75) is 32.4 Å². The number of rotatable bonds is 8. The maximum atomic E-state index is 11.1. The van der Waals surface area contributed by atoms with Crippen molar-refractivity contribution < 1.29 is 14.3 Å². The maximum absolute atomic E-state index is 11.1. The molecule has 0 aliphatic heterocycles. The van der Waals surface area contributed by atoms with Crippen LogP contribution in [-0.2, 0) is 13.0 Å². The molecule has 0 unspecified atom stereocenters. The van der Waals surface area contributed by atoms with Crippen LogP contribution in [0.1, 0.15) is 35.0 Å². The average Bonchev–Trinajstić information content (AvgIpc) is 3.15. The molecule has 1 aromatic heterocycles. The van der Waals surface area contributed by atoms with Crippen LogP contribution in [0.3, 0.4) is 0 Å². The number of hydrogen-bond donors (Lipinski definition) is 2. The fourth-order valence-corrected chi connectivity index (χ4v) is 2.84. The van der Waals surface area contributed by atoms with Gasteiger partial charge in [-0.2, -0.15) is 0 Å². The summed E-state index contributed by atoms with van der Waals surface area (Å²) in [6.45, 7) is 2.82. The van der Waals surface area contributed by atoms with E-state index in [1.807, 2.05) is 24.3 Å². The van der Waals surface area contributed by atoms with Crippen LogP contribution >= 0.6 is 0 Å². The highest BCUT2D eigenvalue weighted by molar-refractivity contribution is 5.89. The first-order chi connectivity index (χ1) is 12.6. The molecule has 4 nitrogen and oxygen atoms in total. The van der Waals surface area contributed by atoms with Crippen molar-refractivity contribution in [1.29, 1.82) is 0 Å². The molecule has 4 heteroatoms. The van der Waals surface area contributed by atoms with Gasteiger partial charge in [-0.05, 0) is 49.6 Å². The van der Waals surface area contributed by atoms with E-state index in [0.29, 0.717) is 18.3 Å². The number of hydrogen-bond acceptors (Lipinski definition) is 3. The number of nitrogens with one attached hydrogen (secondary N) is 1. The molecule has 0 radical (unpaired) electrons. The van der Waals surface area contributed by atoms with Gasteiger partial charge in [-0.3, -0.25) is 0 Å². The Bertz CT molecular complexity index is 855. The maximum Gasteiger partial charge on any atom is 0.335 e. The second-order valence-electron chi connectivity index (χ2n) is 6.46. The zero-order valence-corrected chi connectivity index (χ0v) is 14.8. The van der Waals surface area contributed by atoms with Gasteiger partial charge in [-0.1, -0.05) is 42.5 Å². The van der Waals surface area contributed by atoms with Crippen LogP contribution < -0.4 is 5.32 Å². The molecule has 1 atom stereocenters. The van der Waals surface area contributed by atoms with E-state index >= 15 is 0 Å². The molecule has 134 valence electrons. The Morgan fingerprint density at radius 1 is 1.08 bits per heavy atom. The largest absolute Gasteiger partial charge is 0.478 e. The minimum absolute atomic E-state index is 0.258. The molecule has 0 saturated carbocycles. The van der Waals surface area contributed by atoms with Crippen LogP contribution in [0.15, 0.2) is 71.1 Å². The van der Waals surface area contributed by atoms with Gasteiger partial charge in [0.15, 0.2) is 0 Å². The topological polar surface area (TPSA) is 62.5 Å². The molecule has 3 aromatic rings. The van der Waals surface area contributed by atoms with Crippen LogP contribution in [0.2, 0.25) is 0 Å². The van der Waals surface area contributed by atoms with Crippen LogP contribution in [-0.4, -0.2) is 17.1 Å². The van der Waals surface area contributed by atoms with Crippen molar-refractivity contribution in [3.63, 3.8) is 0 Å². The Labute approximate surface area is 153 Å². The normalized spacial score (nSPS) is 12.0. The molecular formula is C22H23NO3.